The standard InChI is InChI=1S/C20H19F3N5O3/c1-26-11-27(10-20(21,22)23)9-17(26)28-8-15-13(19(28)29)4-5-14(25-15)12-6-16(30-2)18(31-3)24-7-12/h4-7,9,11H,8,10H2,1-3H3/q+1. The zero-order chi connectivity index (χ0) is 22.3. The Labute approximate surface area is 175 Å². The van der Waals surface area contributed by atoms with Crippen LogP contribution >= 0.6 is 0 Å². The first-order valence-corrected chi connectivity index (χ1v) is 9.22. The first kappa shape index (κ1) is 20.6. The maximum atomic E-state index is 12.9. The van der Waals surface area contributed by atoms with E-state index in [0.717, 1.165) is 4.57 Å². The Kier molecular flexibility index (Phi) is 5.03. The molecule has 0 radical (unpaired) electrons. The van der Waals surface area contributed by atoms with Crippen LogP contribution in [0.15, 0.2) is 36.9 Å². The Bertz CT molecular complexity index is 1160. The number of rotatable bonds is 5. The molecule has 0 aliphatic carbocycles. The lowest BCUT2D eigenvalue weighted by atomic mass is 10.1. The molecule has 0 saturated heterocycles. The molecule has 11 heteroatoms. The van der Waals surface area contributed by atoms with Crippen molar-refractivity contribution in [2.75, 3.05) is 19.1 Å². The van der Waals surface area contributed by atoms with Gasteiger partial charge in [-0.05, 0) is 18.2 Å². The lowest BCUT2D eigenvalue weighted by molar-refractivity contribution is -0.718. The Balaban J connectivity index is 1.64. The van der Waals surface area contributed by atoms with Crippen LogP contribution < -0.4 is 18.9 Å². The van der Waals surface area contributed by atoms with Crippen LogP contribution in [0.25, 0.3) is 11.3 Å². The Morgan fingerprint density at radius 1 is 1.23 bits per heavy atom. The predicted octanol–water partition coefficient (Wildman–Crippen LogP) is 2.51. The van der Waals surface area contributed by atoms with Gasteiger partial charge in [0.05, 0.1) is 44.8 Å². The van der Waals surface area contributed by atoms with E-state index >= 15 is 0 Å². The number of carbonyl (C=O) groups excluding carboxylic acids is 1. The summed E-state index contributed by atoms with van der Waals surface area (Å²) in [4.78, 5) is 23.0. The van der Waals surface area contributed by atoms with Crippen LogP contribution in [0.4, 0.5) is 19.0 Å². The molecule has 4 rings (SSSR count). The molecule has 0 N–H and O–H groups in total. The lowest BCUT2D eigenvalue weighted by Crippen LogP contribution is -2.39. The molecule has 31 heavy (non-hydrogen) atoms. The molecule has 0 aromatic carbocycles. The second-order valence-electron chi connectivity index (χ2n) is 7.02. The second-order valence-corrected chi connectivity index (χ2v) is 7.02. The van der Waals surface area contributed by atoms with Gasteiger partial charge in [-0.25, -0.2) is 14.1 Å². The van der Waals surface area contributed by atoms with Crippen molar-refractivity contribution in [2.24, 2.45) is 7.05 Å². The van der Waals surface area contributed by atoms with E-state index in [2.05, 4.69) is 9.97 Å². The molecule has 1 amide bonds. The summed E-state index contributed by atoms with van der Waals surface area (Å²) in [6, 6.07) is 5.08. The van der Waals surface area contributed by atoms with Gasteiger partial charge in [0.1, 0.15) is 0 Å². The smallest absolute Gasteiger partial charge is 0.426 e. The predicted molar refractivity (Wildman–Crippen MR) is 103 cm³/mol. The molecule has 0 unspecified atom stereocenters. The number of aromatic nitrogens is 4. The van der Waals surface area contributed by atoms with Crippen LogP contribution in [0.1, 0.15) is 16.1 Å². The van der Waals surface area contributed by atoms with Crippen molar-refractivity contribution in [1.29, 1.82) is 0 Å². The van der Waals surface area contributed by atoms with E-state index in [1.807, 2.05) is 0 Å². The maximum Gasteiger partial charge on any atom is 0.426 e. The first-order valence-electron chi connectivity index (χ1n) is 9.22. The summed E-state index contributed by atoms with van der Waals surface area (Å²) in [5.74, 6) is 0.809. The van der Waals surface area contributed by atoms with E-state index in [9.17, 15) is 18.0 Å². The monoisotopic (exact) mass is 434 g/mol. The Morgan fingerprint density at radius 2 is 2.00 bits per heavy atom. The van der Waals surface area contributed by atoms with Crippen LogP contribution in [0.2, 0.25) is 0 Å². The molecular weight excluding hydrogens is 415 g/mol. The third-order valence-corrected chi connectivity index (χ3v) is 4.89. The number of methoxy groups -OCH3 is 2. The van der Waals surface area contributed by atoms with Crippen molar-refractivity contribution in [3.63, 3.8) is 0 Å². The number of fused-ring (bicyclic) bond motifs is 1. The average Bonchev–Trinajstić information content (AvgIpc) is 3.24. The van der Waals surface area contributed by atoms with Crippen molar-refractivity contribution in [3.05, 3.63) is 48.2 Å². The highest BCUT2D eigenvalue weighted by atomic mass is 19.4. The number of alkyl halides is 3. The maximum absolute atomic E-state index is 12.9. The normalized spacial score (nSPS) is 13.5. The zero-order valence-corrected chi connectivity index (χ0v) is 17.0. The molecule has 4 heterocycles. The van der Waals surface area contributed by atoms with Gasteiger partial charge in [0, 0.05) is 11.8 Å². The van der Waals surface area contributed by atoms with Gasteiger partial charge < -0.3 is 9.47 Å². The van der Waals surface area contributed by atoms with Gasteiger partial charge in [-0.2, -0.15) is 13.2 Å². The van der Waals surface area contributed by atoms with Gasteiger partial charge in [-0.3, -0.25) is 14.7 Å². The van der Waals surface area contributed by atoms with E-state index in [0.29, 0.717) is 40.0 Å². The number of nitrogens with zero attached hydrogens (tertiary/aromatic N) is 5. The SMILES string of the molecule is COc1cc(-c2ccc3c(n2)CN(c2c[n+](CC(F)(F)F)cn2C)C3=O)cnc1OC. The van der Waals surface area contributed by atoms with Crippen LogP contribution in [-0.4, -0.2) is 40.8 Å². The summed E-state index contributed by atoms with van der Waals surface area (Å²) in [6.07, 6.45) is -0.170. The topological polar surface area (TPSA) is 73.4 Å². The lowest BCUT2D eigenvalue weighted by Gasteiger charge is -2.10. The van der Waals surface area contributed by atoms with Crippen molar-refractivity contribution in [2.45, 2.75) is 19.3 Å². The van der Waals surface area contributed by atoms with Crippen molar-refractivity contribution >= 4 is 11.7 Å². The number of carbonyl (C=O) groups is 1. The summed E-state index contributed by atoms with van der Waals surface area (Å²) in [5.41, 5.74) is 2.19. The molecule has 162 valence electrons. The van der Waals surface area contributed by atoms with Crippen molar-refractivity contribution < 1.29 is 32.0 Å². The quantitative estimate of drug-likeness (QED) is 0.577. The molecule has 1 aliphatic heterocycles. The molecule has 3 aromatic heterocycles. The fourth-order valence-electron chi connectivity index (χ4n) is 3.51. The van der Waals surface area contributed by atoms with E-state index in [1.54, 1.807) is 31.4 Å². The van der Waals surface area contributed by atoms with Gasteiger partial charge in [-0.1, -0.05) is 0 Å². The third-order valence-electron chi connectivity index (χ3n) is 4.89. The number of aryl methyl sites for hydroxylation is 1. The first-order chi connectivity index (χ1) is 14.7. The number of anilines is 1. The highest BCUT2D eigenvalue weighted by Gasteiger charge is 2.36. The van der Waals surface area contributed by atoms with Gasteiger partial charge in [0.2, 0.25) is 12.1 Å². The summed E-state index contributed by atoms with van der Waals surface area (Å²) in [5, 5.41) is 0. The fraction of sp³-hybridized carbons (Fsp3) is 0.300. The summed E-state index contributed by atoms with van der Waals surface area (Å²) in [6.45, 7) is -0.989. The molecule has 0 atom stereocenters. The number of hydrogen-bond acceptors (Lipinski definition) is 5. The van der Waals surface area contributed by atoms with Crippen molar-refractivity contribution in [3.8, 4) is 22.9 Å². The average molecular weight is 434 g/mol. The molecular formula is C20H19F3N5O3+. The molecule has 8 nitrogen and oxygen atoms in total. The van der Waals surface area contributed by atoms with Crippen LogP contribution in [0.5, 0.6) is 11.6 Å². The molecule has 1 aliphatic rings. The molecule has 0 fully saturated rings. The Hall–Kier alpha value is -3.63. The van der Waals surface area contributed by atoms with Gasteiger partial charge >= 0.3 is 6.18 Å². The van der Waals surface area contributed by atoms with E-state index in [1.165, 1.54) is 36.2 Å². The van der Waals surface area contributed by atoms with E-state index in [4.69, 9.17) is 9.47 Å². The Morgan fingerprint density at radius 3 is 2.68 bits per heavy atom. The zero-order valence-electron chi connectivity index (χ0n) is 17.0. The molecule has 0 saturated carbocycles. The van der Waals surface area contributed by atoms with Crippen LogP contribution in [-0.2, 0) is 20.1 Å². The molecule has 3 aromatic rings. The number of pyridine rings is 2. The fourth-order valence-corrected chi connectivity index (χ4v) is 3.51. The number of amides is 1. The summed E-state index contributed by atoms with van der Waals surface area (Å²) in [7, 11) is 4.58. The molecule has 0 bridgehead atoms. The number of hydrogen-bond donors (Lipinski definition) is 0. The van der Waals surface area contributed by atoms with Crippen molar-refractivity contribution in [1.82, 2.24) is 14.5 Å². The number of imidazole rings is 1. The van der Waals surface area contributed by atoms with Crippen LogP contribution in [0.3, 0.4) is 0 Å². The minimum atomic E-state index is -4.36. The van der Waals surface area contributed by atoms with E-state index < -0.39 is 12.7 Å². The van der Waals surface area contributed by atoms with Gasteiger partial charge in [-0.15, -0.1) is 0 Å². The van der Waals surface area contributed by atoms with Gasteiger partial charge in [0.15, 0.2) is 18.5 Å². The summed E-state index contributed by atoms with van der Waals surface area (Å²) < 4.78 is 51.0. The van der Waals surface area contributed by atoms with Gasteiger partial charge in [0.25, 0.3) is 11.8 Å². The largest absolute Gasteiger partial charge is 0.491 e. The third kappa shape index (κ3) is 3.90. The highest BCUT2D eigenvalue weighted by molar-refractivity contribution is 6.09. The minimum Gasteiger partial charge on any atom is -0.491 e. The highest BCUT2D eigenvalue weighted by Crippen LogP contribution is 2.32. The second kappa shape index (κ2) is 7.56. The molecule has 0 spiro atoms. The summed E-state index contributed by atoms with van der Waals surface area (Å²) >= 11 is 0. The number of halogens is 3. The minimum absolute atomic E-state index is 0.145. The number of ether oxygens (including phenoxy) is 2. The van der Waals surface area contributed by atoms with Crippen LogP contribution in [0, 0.1) is 0 Å². The van der Waals surface area contributed by atoms with E-state index in [-0.39, 0.29) is 12.5 Å².